The molecule has 0 amide bonds. The van der Waals surface area contributed by atoms with Crippen molar-refractivity contribution in [3.8, 4) is 0 Å². The Bertz CT molecular complexity index is 498. The Kier molecular flexibility index (Phi) is 27.5. The standard InChI is InChI=1S/C27H50O6.Li.H/c1-2-3-4-14-19-24(20-15-10-7-5-6-8-11-16-21-25(28)29)33-27(32)23-18-13-9-12-17-22-26(30)31;;/h24H,2-23H2,1H3,(H,28,29)(H,30,31);;. The first-order valence-corrected chi connectivity index (χ1v) is 13.6. The van der Waals surface area contributed by atoms with Gasteiger partial charge in [0.1, 0.15) is 6.10 Å². The van der Waals surface area contributed by atoms with Crippen molar-refractivity contribution in [1.29, 1.82) is 0 Å². The van der Waals surface area contributed by atoms with Crippen molar-refractivity contribution in [2.24, 2.45) is 0 Å². The summed E-state index contributed by atoms with van der Waals surface area (Å²) in [6.45, 7) is 2.20. The molecule has 0 rings (SSSR count). The molecule has 0 aliphatic heterocycles. The van der Waals surface area contributed by atoms with E-state index in [1.165, 1.54) is 38.5 Å². The van der Waals surface area contributed by atoms with Gasteiger partial charge in [0, 0.05) is 19.3 Å². The molecule has 0 heterocycles. The first kappa shape index (κ1) is 35.2. The second kappa shape index (κ2) is 26.6. The van der Waals surface area contributed by atoms with Gasteiger partial charge in [-0.15, -0.1) is 0 Å². The zero-order chi connectivity index (χ0) is 24.6. The summed E-state index contributed by atoms with van der Waals surface area (Å²) < 4.78 is 5.82. The van der Waals surface area contributed by atoms with Gasteiger partial charge in [0.25, 0.3) is 0 Å². The number of carbonyl (C=O) groups excluding carboxylic acids is 1. The van der Waals surface area contributed by atoms with E-state index in [0.29, 0.717) is 12.8 Å². The van der Waals surface area contributed by atoms with Crippen LogP contribution in [0.1, 0.15) is 148 Å². The van der Waals surface area contributed by atoms with Crippen LogP contribution in [0.4, 0.5) is 0 Å². The molecule has 0 aliphatic carbocycles. The third-order valence-electron chi connectivity index (χ3n) is 6.12. The molecule has 0 aromatic rings. The van der Waals surface area contributed by atoms with Crippen LogP contribution in [0, 0.1) is 0 Å². The van der Waals surface area contributed by atoms with Gasteiger partial charge in [-0.05, 0) is 44.9 Å². The number of aliphatic carboxylic acids is 2. The van der Waals surface area contributed by atoms with Crippen LogP contribution in [0.3, 0.4) is 0 Å². The molecule has 2 N–H and O–H groups in total. The third kappa shape index (κ3) is 27.3. The molecule has 0 aliphatic rings. The molecule has 0 fully saturated rings. The van der Waals surface area contributed by atoms with Gasteiger partial charge in [-0.2, -0.15) is 0 Å². The van der Waals surface area contributed by atoms with Crippen molar-refractivity contribution in [3.05, 3.63) is 0 Å². The van der Waals surface area contributed by atoms with Gasteiger partial charge in [0.2, 0.25) is 0 Å². The average molecular weight is 479 g/mol. The summed E-state index contributed by atoms with van der Waals surface area (Å²) in [6, 6.07) is 0. The molecule has 1 unspecified atom stereocenters. The maximum atomic E-state index is 12.3. The van der Waals surface area contributed by atoms with Crippen LogP contribution in [0.5, 0.6) is 0 Å². The van der Waals surface area contributed by atoms with E-state index < -0.39 is 11.9 Å². The predicted molar refractivity (Wildman–Crippen MR) is 140 cm³/mol. The number of rotatable bonds is 25. The van der Waals surface area contributed by atoms with Crippen molar-refractivity contribution in [2.45, 2.75) is 154 Å². The first-order valence-electron chi connectivity index (χ1n) is 13.6. The summed E-state index contributed by atoms with van der Waals surface area (Å²) in [5, 5.41) is 17.3. The van der Waals surface area contributed by atoms with Crippen LogP contribution in [-0.4, -0.2) is 53.1 Å². The molecule has 0 bridgehead atoms. The Balaban J connectivity index is 0. The summed E-state index contributed by atoms with van der Waals surface area (Å²) in [7, 11) is 0. The number of hydrogen-bond donors (Lipinski definition) is 2. The quantitative estimate of drug-likeness (QED) is 0.0830. The molecule has 34 heavy (non-hydrogen) atoms. The molecule has 7 heteroatoms. The van der Waals surface area contributed by atoms with Gasteiger partial charge in [-0.3, -0.25) is 14.4 Å². The molecule has 0 spiro atoms. The van der Waals surface area contributed by atoms with Gasteiger partial charge in [-0.1, -0.05) is 84.0 Å². The van der Waals surface area contributed by atoms with Gasteiger partial charge in [-0.25, -0.2) is 0 Å². The summed E-state index contributed by atoms with van der Waals surface area (Å²) >= 11 is 0. The van der Waals surface area contributed by atoms with E-state index in [0.717, 1.165) is 77.0 Å². The number of hydrogen-bond acceptors (Lipinski definition) is 4. The van der Waals surface area contributed by atoms with Crippen LogP contribution in [0.2, 0.25) is 0 Å². The number of carbonyl (C=O) groups is 3. The Hall–Kier alpha value is -0.993. The topological polar surface area (TPSA) is 101 Å². The van der Waals surface area contributed by atoms with Gasteiger partial charge >= 0.3 is 36.8 Å². The van der Waals surface area contributed by atoms with Crippen LogP contribution in [0.15, 0.2) is 0 Å². The van der Waals surface area contributed by atoms with E-state index >= 15 is 0 Å². The molecule has 6 nitrogen and oxygen atoms in total. The predicted octanol–water partition coefficient (Wildman–Crippen LogP) is 7.02. The minimum absolute atomic E-state index is 0. The monoisotopic (exact) mass is 478 g/mol. The van der Waals surface area contributed by atoms with Crippen molar-refractivity contribution in [2.75, 3.05) is 0 Å². The SMILES string of the molecule is CCCCCCC(CCCCCCCCCCC(=O)O)OC(=O)CCCCCCCC(=O)O.[LiH]. The number of esters is 1. The number of unbranched alkanes of at least 4 members (excludes halogenated alkanes) is 14. The number of carboxylic acid groups (broad SMARTS) is 2. The second-order valence-corrected chi connectivity index (χ2v) is 9.38. The van der Waals surface area contributed by atoms with E-state index in [-0.39, 0.29) is 43.8 Å². The molecular formula is C27H51LiO6. The zero-order valence-corrected chi connectivity index (χ0v) is 21.2. The van der Waals surface area contributed by atoms with E-state index in [9.17, 15) is 14.4 Å². The fraction of sp³-hybridized carbons (Fsp3) is 0.889. The molecule has 196 valence electrons. The fourth-order valence-electron chi connectivity index (χ4n) is 4.09. The fourth-order valence-corrected chi connectivity index (χ4v) is 4.09. The molecule has 0 radical (unpaired) electrons. The summed E-state index contributed by atoms with van der Waals surface area (Å²) in [4.78, 5) is 33.3. The van der Waals surface area contributed by atoms with E-state index in [4.69, 9.17) is 14.9 Å². The van der Waals surface area contributed by atoms with E-state index in [2.05, 4.69) is 6.92 Å². The van der Waals surface area contributed by atoms with Crippen molar-refractivity contribution < 1.29 is 29.3 Å². The van der Waals surface area contributed by atoms with Gasteiger partial charge in [0.05, 0.1) is 0 Å². The number of ether oxygens (including phenoxy) is 1. The maximum absolute atomic E-state index is 12.3. The Morgan fingerprint density at radius 1 is 0.559 bits per heavy atom. The van der Waals surface area contributed by atoms with Crippen LogP contribution >= 0.6 is 0 Å². The third-order valence-corrected chi connectivity index (χ3v) is 6.12. The van der Waals surface area contributed by atoms with Gasteiger partial charge < -0.3 is 14.9 Å². The number of carboxylic acids is 2. The Morgan fingerprint density at radius 2 is 0.912 bits per heavy atom. The summed E-state index contributed by atoms with van der Waals surface area (Å²) in [5.74, 6) is -1.52. The normalized spacial score (nSPS) is 11.6. The first-order chi connectivity index (χ1) is 16.0. The Morgan fingerprint density at radius 3 is 1.32 bits per heavy atom. The molecule has 1 atom stereocenters. The summed E-state index contributed by atoms with van der Waals surface area (Å²) in [6.07, 6.45) is 20.8. The van der Waals surface area contributed by atoms with Gasteiger partial charge in [0.15, 0.2) is 0 Å². The zero-order valence-electron chi connectivity index (χ0n) is 21.2. The Labute approximate surface area is 220 Å². The van der Waals surface area contributed by atoms with Crippen LogP contribution < -0.4 is 0 Å². The molecule has 0 aromatic heterocycles. The molecule has 0 saturated carbocycles. The van der Waals surface area contributed by atoms with Crippen molar-refractivity contribution >= 4 is 36.8 Å². The molecule has 0 saturated heterocycles. The van der Waals surface area contributed by atoms with Crippen molar-refractivity contribution in [1.82, 2.24) is 0 Å². The summed E-state index contributed by atoms with van der Waals surface area (Å²) in [5.41, 5.74) is 0. The molecule has 0 aromatic carbocycles. The van der Waals surface area contributed by atoms with Crippen molar-refractivity contribution in [3.63, 3.8) is 0 Å². The van der Waals surface area contributed by atoms with E-state index in [1.807, 2.05) is 0 Å². The van der Waals surface area contributed by atoms with Crippen LogP contribution in [0.25, 0.3) is 0 Å². The second-order valence-electron chi connectivity index (χ2n) is 9.38. The molecular weight excluding hydrogens is 427 g/mol. The minimum atomic E-state index is -0.739. The average Bonchev–Trinajstić information content (AvgIpc) is 2.76. The van der Waals surface area contributed by atoms with Crippen LogP contribution in [-0.2, 0) is 19.1 Å². The van der Waals surface area contributed by atoms with E-state index in [1.54, 1.807) is 0 Å².